The maximum atomic E-state index is 13.1. The van der Waals surface area contributed by atoms with E-state index in [0.29, 0.717) is 19.6 Å². The molecule has 164 valence electrons. The summed E-state index contributed by atoms with van der Waals surface area (Å²) in [5, 5.41) is 2.97. The molecule has 0 aliphatic rings. The van der Waals surface area contributed by atoms with Crippen LogP contribution < -0.4 is 10.2 Å². The molecule has 0 atom stereocenters. The van der Waals surface area contributed by atoms with Gasteiger partial charge in [-0.2, -0.15) is 0 Å². The first-order chi connectivity index (χ1) is 14.4. The number of hydrogen-bond acceptors (Lipinski definition) is 3. The molecule has 0 heterocycles. The molecule has 2 rings (SSSR count). The average Bonchev–Trinajstić information content (AvgIpc) is 2.74. The predicted octanol–water partition coefficient (Wildman–Crippen LogP) is 4.34. The van der Waals surface area contributed by atoms with Gasteiger partial charge in [-0.05, 0) is 76.3 Å². The van der Waals surface area contributed by atoms with E-state index in [-0.39, 0.29) is 11.8 Å². The molecule has 0 saturated carbocycles. The molecule has 0 fully saturated rings. The summed E-state index contributed by atoms with van der Waals surface area (Å²) in [5.74, 6) is -0.274. The van der Waals surface area contributed by atoms with Crippen LogP contribution in [0.2, 0.25) is 0 Å². The van der Waals surface area contributed by atoms with Gasteiger partial charge in [0.2, 0.25) is 0 Å². The van der Waals surface area contributed by atoms with Gasteiger partial charge >= 0.3 is 6.03 Å². The van der Waals surface area contributed by atoms with Gasteiger partial charge in [-0.1, -0.05) is 24.3 Å². The van der Waals surface area contributed by atoms with Crippen LogP contribution in [-0.2, 0) is 13.1 Å². The van der Waals surface area contributed by atoms with Crippen molar-refractivity contribution in [3.8, 4) is 0 Å². The minimum absolute atomic E-state index is 0.106. The van der Waals surface area contributed by atoms with Crippen LogP contribution in [0.3, 0.4) is 0 Å². The number of amides is 2. The number of nitrogens with zero attached hydrogens (tertiary/aromatic N) is 3. The van der Waals surface area contributed by atoms with E-state index in [0.717, 1.165) is 37.2 Å². The first-order valence-corrected chi connectivity index (χ1v) is 10.7. The largest absolute Gasteiger partial charge is 0.372 e. The van der Waals surface area contributed by atoms with E-state index in [2.05, 4.69) is 53.2 Å². The van der Waals surface area contributed by atoms with Gasteiger partial charge in [-0.25, -0.2) is 9.18 Å². The molecule has 2 aromatic carbocycles. The lowest BCUT2D eigenvalue weighted by Crippen LogP contribution is -2.40. The van der Waals surface area contributed by atoms with Crippen LogP contribution in [0.1, 0.15) is 31.4 Å². The third-order valence-electron chi connectivity index (χ3n) is 5.12. The number of hydrogen-bond donors (Lipinski definition) is 1. The zero-order valence-corrected chi connectivity index (χ0v) is 18.7. The van der Waals surface area contributed by atoms with Crippen molar-refractivity contribution in [3.63, 3.8) is 0 Å². The second-order valence-corrected chi connectivity index (χ2v) is 7.70. The number of rotatable bonds is 11. The summed E-state index contributed by atoms with van der Waals surface area (Å²) in [6.07, 6.45) is 0.897. The highest BCUT2D eigenvalue weighted by Crippen LogP contribution is 2.16. The lowest BCUT2D eigenvalue weighted by atomic mass is 10.1. The number of carbonyl (C=O) groups is 1. The first kappa shape index (κ1) is 23.7. The molecule has 6 heteroatoms. The van der Waals surface area contributed by atoms with Crippen molar-refractivity contribution in [1.29, 1.82) is 0 Å². The van der Waals surface area contributed by atoms with E-state index in [1.54, 1.807) is 12.1 Å². The molecule has 0 spiro atoms. The third kappa shape index (κ3) is 7.67. The Morgan fingerprint density at radius 2 is 1.50 bits per heavy atom. The Bertz CT molecular complexity index is 758. The SMILES string of the molecule is CCN(CC)c1ccc(CN(CCCN(C)C)C(=O)NCc2ccc(F)cc2)cc1. The van der Waals surface area contributed by atoms with E-state index in [1.165, 1.54) is 17.8 Å². The van der Waals surface area contributed by atoms with Gasteiger partial charge in [0.05, 0.1) is 0 Å². The topological polar surface area (TPSA) is 38.8 Å². The summed E-state index contributed by atoms with van der Waals surface area (Å²) in [5.41, 5.74) is 3.18. The minimum Gasteiger partial charge on any atom is -0.372 e. The molecule has 5 nitrogen and oxygen atoms in total. The van der Waals surface area contributed by atoms with Crippen LogP contribution in [0.5, 0.6) is 0 Å². The Balaban J connectivity index is 2.02. The van der Waals surface area contributed by atoms with Crippen LogP contribution in [0.4, 0.5) is 14.9 Å². The molecule has 2 amide bonds. The maximum Gasteiger partial charge on any atom is 0.317 e. The normalized spacial score (nSPS) is 10.9. The number of carbonyl (C=O) groups excluding carboxylic acids is 1. The van der Waals surface area contributed by atoms with E-state index >= 15 is 0 Å². The molecular weight excluding hydrogens is 379 g/mol. The highest BCUT2D eigenvalue weighted by atomic mass is 19.1. The van der Waals surface area contributed by atoms with Gasteiger partial charge in [0, 0.05) is 38.4 Å². The number of halogens is 1. The Hall–Kier alpha value is -2.60. The van der Waals surface area contributed by atoms with E-state index in [1.807, 2.05) is 19.0 Å². The zero-order chi connectivity index (χ0) is 21.9. The van der Waals surface area contributed by atoms with Gasteiger partial charge in [0.25, 0.3) is 0 Å². The van der Waals surface area contributed by atoms with Crippen molar-refractivity contribution in [3.05, 3.63) is 65.5 Å². The van der Waals surface area contributed by atoms with Crippen molar-refractivity contribution in [2.75, 3.05) is 45.2 Å². The Morgan fingerprint density at radius 3 is 2.07 bits per heavy atom. The average molecular weight is 415 g/mol. The quantitative estimate of drug-likeness (QED) is 0.595. The summed E-state index contributed by atoms with van der Waals surface area (Å²) in [6.45, 7) is 8.76. The summed E-state index contributed by atoms with van der Waals surface area (Å²) >= 11 is 0. The minimum atomic E-state index is -0.274. The van der Waals surface area contributed by atoms with Crippen molar-refractivity contribution in [1.82, 2.24) is 15.1 Å². The summed E-state index contributed by atoms with van der Waals surface area (Å²) in [7, 11) is 4.07. The lowest BCUT2D eigenvalue weighted by molar-refractivity contribution is 0.191. The van der Waals surface area contributed by atoms with Crippen LogP contribution in [0.25, 0.3) is 0 Å². The van der Waals surface area contributed by atoms with Gasteiger partial charge in [0.15, 0.2) is 0 Å². The van der Waals surface area contributed by atoms with Crippen LogP contribution in [-0.4, -0.2) is 56.1 Å². The smallest absolute Gasteiger partial charge is 0.317 e. The van der Waals surface area contributed by atoms with Crippen LogP contribution in [0, 0.1) is 5.82 Å². The van der Waals surface area contributed by atoms with Crippen molar-refractivity contribution in [2.45, 2.75) is 33.4 Å². The lowest BCUT2D eigenvalue weighted by Gasteiger charge is -2.25. The molecule has 0 bridgehead atoms. The number of urea groups is 1. The molecule has 0 aliphatic carbocycles. The monoisotopic (exact) mass is 414 g/mol. The molecule has 0 aromatic heterocycles. The fourth-order valence-electron chi connectivity index (χ4n) is 3.34. The second-order valence-electron chi connectivity index (χ2n) is 7.70. The van der Waals surface area contributed by atoms with Gasteiger partial charge in [-0.3, -0.25) is 0 Å². The highest BCUT2D eigenvalue weighted by Gasteiger charge is 2.14. The Labute approximate surface area is 180 Å². The predicted molar refractivity (Wildman–Crippen MR) is 122 cm³/mol. The second kappa shape index (κ2) is 12.2. The van der Waals surface area contributed by atoms with Crippen LogP contribution in [0.15, 0.2) is 48.5 Å². The summed E-state index contributed by atoms with van der Waals surface area (Å²) < 4.78 is 13.1. The standard InChI is InChI=1S/C24H35FN4O/c1-5-28(6-2)23-14-10-21(11-15-23)19-29(17-7-16-27(3)4)24(30)26-18-20-8-12-22(25)13-9-20/h8-15H,5-7,16-19H2,1-4H3,(H,26,30). The molecule has 1 N–H and O–H groups in total. The Morgan fingerprint density at radius 1 is 0.900 bits per heavy atom. The van der Waals surface area contributed by atoms with Crippen molar-refractivity contribution in [2.24, 2.45) is 0 Å². The summed E-state index contributed by atoms with van der Waals surface area (Å²) in [4.78, 5) is 19.1. The number of anilines is 1. The third-order valence-corrected chi connectivity index (χ3v) is 5.12. The molecule has 0 saturated heterocycles. The fourth-order valence-corrected chi connectivity index (χ4v) is 3.34. The highest BCUT2D eigenvalue weighted by molar-refractivity contribution is 5.74. The Kier molecular flexibility index (Phi) is 9.61. The molecule has 2 aromatic rings. The molecule has 0 unspecified atom stereocenters. The van der Waals surface area contributed by atoms with Gasteiger partial charge in [0.1, 0.15) is 5.82 Å². The van der Waals surface area contributed by atoms with E-state index < -0.39 is 0 Å². The maximum absolute atomic E-state index is 13.1. The number of benzene rings is 2. The van der Waals surface area contributed by atoms with Crippen molar-refractivity contribution >= 4 is 11.7 Å². The molecular formula is C24H35FN4O. The molecule has 0 aliphatic heterocycles. The summed E-state index contributed by atoms with van der Waals surface area (Å²) in [6, 6.07) is 14.5. The van der Waals surface area contributed by atoms with Crippen LogP contribution >= 0.6 is 0 Å². The number of nitrogens with one attached hydrogen (secondary N) is 1. The van der Waals surface area contributed by atoms with Gasteiger partial charge < -0.3 is 20.0 Å². The first-order valence-electron chi connectivity index (χ1n) is 10.7. The molecule has 30 heavy (non-hydrogen) atoms. The van der Waals surface area contributed by atoms with Gasteiger partial charge in [-0.15, -0.1) is 0 Å². The zero-order valence-electron chi connectivity index (χ0n) is 18.7. The van der Waals surface area contributed by atoms with Crippen molar-refractivity contribution < 1.29 is 9.18 Å². The van der Waals surface area contributed by atoms with E-state index in [4.69, 9.17) is 0 Å². The molecule has 0 radical (unpaired) electrons. The fraction of sp³-hybridized carbons (Fsp3) is 0.458. The van der Waals surface area contributed by atoms with E-state index in [9.17, 15) is 9.18 Å².